The predicted octanol–water partition coefficient (Wildman–Crippen LogP) is 2.50. The van der Waals surface area contributed by atoms with Crippen molar-refractivity contribution in [2.45, 2.75) is 49.8 Å². The van der Waals surface area contributed by atoms with Crippen LogP contribution in [0.3, 0.4) is 0 Å². The molecular formula is C20H27N3O3S. The van der Waals surface area contributed by atoms with Crippen LogP contribution in [0.4, 0.5) is 0 Å². The van der Waals surface area contributed by atoms with Crippen molar-refractivity contribution in [3.63, 3.8) is 0 Å². The fourth-order valence-corrected chi connectivity index (χ4v) is 6.38. The van der Waals surface area contributed by atoms with Gasteiger partial charge in [-0.15, -0.1) is 0 Å². The quantitative estimate of drug-likeness (QED) is 0.804. The van der Waals surface area contributed by atoms with E-state index in [1.165, 1.54) is 0 Å². The van der Waals surface area contributed by atoms with Crippen molar-refractivity contribution in [1.82, 2.24) is 14.2 Å². The Morgan fingerprint density at radius 2 is 1.96 bits per heavy atom. The molecule has 1 aromatic carbocycles. The molecule has 2 aliphatic heterocycles. The first-order chi connectivity index (χ1) is 12.9. The second-order valence-corrected chi connectivity index (χ2v) is 9.60. The van der Waals surface area contributed by atoms with Crippen molar-refractivity contribution in [3.05, 3.63) is 36.7 Å². The molecule has 146 valence electrons. The van der Waals surface area contributed by atoms with Gasteiger partial charge in [-0.3, -0.25) is 9.88 Å². The molecule has 2 saturated heterocycles. The molecule has 3 atom stereocenters. The molecule has 0 spiro atoms. The minimum absolute atomic E-state index is 0.0181. The molecule has 4 rings (SSSR count). The largest absolute Gasteiger partial charge is 0.373 e. The van der Waals surface area contributed by atoms with E-state index in [2.05, 4.69) is 23.7 Å². The standard InChI is InChI=1S/C20H27N3O3S/c1-15-12-22(13-16(2)26-15)14-18-6-4-10-23(18)27(24,25)20-7-3-5-17-11-21-9-8-19(17)20/h3,5,7-9,11,15-16,18H,4,6,10,12-14H2,1-2H3/t15-,16-,18+/m1/s1. The SMILES string of the molecule is C[C@@H]1CN(C[C@@H]2CCCN2S(=O)(=O)c2cccc3cnccc23)C[C@@H](C)O1. The Bertz CT molecular complexity index is 902. The molecule has 2 aromatic rings. The molecule has 2 aliphatic rings. The van der Waals surface area contributed by atoms with E-state index in [9.17, 15) is 8.42 Å². The fraction of sp³-hybridized carbons (Fsp3) is 0.550. The first-order valence-corrected chi connectivity index (χ1v) is 11.1. The number of pyridine rings is 1. The Labute approximate surface area is 161 Å². The molecule has 0 saturated carbocycles. The lowest BCUT2D eigenvalue weighted by atomic mass is 10.1. The summed E-state index contributed by atoms with van der Waals surface area (Å²) in [7, 11) is -3.54. The number of fused-ring (bicyclic) bond motifs is 1. The Balaban J connectivity index is 1.60. The summed E-state index contributed by atoms with van der Waals surface area (Å²) in [6, 6.07) is 7.22. The van der Waals surface area contributed by atoms with E-state index in [0.29, 0.717) is 11.4 Å². The molecule has 0 N–H and O–H groups in total. The van der Waals surface area contributed by atoms with Gasteiger partial charge in [-0.2, -0.15) is 4.31 Å². The lowest BCUT2D eigenvalue weighted by Crippen LogP contribution is -2.50. The molecule has 27 heavy (non-hydrogen) atoms. The maximum atomic E-state index is 13.5. The van der Waals surface area contributed by atoms with Crippen molar-refractivity contribution >= 4 is 20.8 Å². The summed E-state index contributed by atoms with van der Waals surface area (Å²) in [5.74, 6) is 0. The minimum Gasteiger partial charge on any atom is -0.373 e. The van der Waals surface area contributed by atoms with Crippen LogP contribution >= 0.6 is 0 Å². The smallest absolute Gasteiger partial charge is 0.243 e. The van der Waals surface area contributed by atoms with Gasteiger partial charge in [-0.05, 0) is 38.8 Å². The molecule has 2 fully saturated rings. The zero-order valence-corrected chi connectivity index (χ0v) is 16.7. The van der Waals surface area contributed by atoms with Crippen LogP contribution in [0.2, 0.25) is 0 Å². The van der Waals surface area contributed by atoms with E-state index < -0.39 is 10.0 Å². The summed E-state index contributed by atoms with van der Waals surface area (Å²) in [5.41, 5.74) is 0. The van der Waals surface area contributed by atoms with Gasteiger partial charge in [0.1, 0.15) is 0 Å². The molecule has 0 unspecified atom stereocenters. The second kappa shape index (κ2) is 7.47. The highest BCUT2D eigenvalue weighted by atomic mass is 32.2. The Kier molecular flexibility index (Phi) is 5.20. The zero-order chi connectivity index (χ0) is 19.0. The van der Waals surface area contributed by atoms with Crippen LogP contribution < -0.4 is 0 Å². The fourth-order valence-electron chi connectivity index (χ4n) is 4.48. The van der Waals surface area contributed by atoms with Crippen LogP contribution in [0, 0.1) is 0 Å². The van der Waals surface area contributed by atoms with E-state index in [4.69, 9.17) is 4.74 Å². The lowest BCUT2D eigenvalue weighted by Gasteiger charge is -2.38. The van der Waals surface area contributed by atoms with Gasteiger partial charge in [-0.1, -0.05) is 12.1 Å². The molecule has 0 bridgehead atoms. The van der Waals surface area contributed by atoms with Crippen LogP contribution in [0.25, 0.3) is 10.8 Å². The van der Waals surface area contributed by atoms with E-state index in [1.54, 1.807) is 34.9 Å². The monoisotopic (exact) mass is 389 g/mol. The third-order valence-corrected chi connectivity index (χ3v) is 7.52. The summed E-state index contributed by atoms with van der Waals surface area (Å²) in [4.78, 5) is 6.85. The van der Waals surface area contributed by atoms with Crippen LogP contribution in [0.1, 0.15) is 26.7 Å². The van der Waals surface area contributed by atoms with Crippen LogP contribution in [-0.2, 0) is 14.8 Å². The second-order valence-electron chi connectivity index (χ2n) is 7.74. The van der Waals surface area contributed by atoms with Crippen molar-refractivity contribution in [2.75, 3.05) is 26.2 Å². The molecule has 0 amide bonds. The summed E-state index contributed by atoms with van der Waals surface area (Å²) in [5, 5.41) is 1.59. The number of rotatable bonds is 4. The topological polar surface area (TPSA) is 62.7 Å². The minimum atomic E-state index is -3.54. The highest BCUT2D eigenvalue weighted by Crippen LogP contribution is 2.31. The molecule has 6 nitrogen and oxygen atoms in total. The number of benzene rings is 1. The number of sulfonamides is 1. The average Bonchev–Trinajstić information content (AvgIpc) is 3.09. The first-order valence-electron chi connectivity index (χ1n) is 9.67. The molecule has 7 heteroatoms. The third-order valence-electron chi connectivity index (χ3n) is 5.51. The number of morpholine rings is 1. The van der Waals surface area contributed by atoms with Gasteiger partial charge in [0.05, 0.1) is 17.1 Å². The van der Waals surface area contributed by atoms with Gasteiger partial charge in [-0.25, -0.2) is 8.42 Å². The Morgan fingerprint density at radius 3 is 2.74 bits per heavy atom. The van der Waals surface area contributed by atoms with Gasteiger partial charge in [0.2, 0.25) is 10.0 Å². The maximum Gasteiger partial charge on any atom is 0.243 e. The number of nitrogens with zero attached hydrogens (tertiary/aromatic N) is 3. The highest BCUT2D eigenvalue weighted by Gasteiger charge is 2.37. The molecule has 1 aromatic heterocycles. The third kappa shape index (κ3) is 3.74. The van der Waals surface area contributed by atoms with Gasteiger partial charge in [0.25, 0.3) is 0 Å². The van der Waals surface area contributed by atoms with Gasteiger partial charge < -0.3 is 4.74 Å². The zero-order valence-electron chi connectivity index (χ0n) is 15.9. The number of aromatic nitrogens is 1. The van der Waals surface area contributed by atoms with Gasteiger partial charge in [0, 0.05) is 55.4 Å². The first kappa shape index (κ1) is 18.8. The summed E-state index contributed by atoms with van der Waals surface area (Å²) < 4.78 is 34.5. The molecule has 0 radical (unpaired) electrons. The summed E-state index contributed by atoms with van der Waals surface area (Å²) in [6.07, 6.45) is 5.56. The number of hydrogen-bond donors (Lipinski definition) is 0. The van der Waals surface area contributed by atoms with Crippen molar-refractivity contribution < 1.29 is 13.2 Å². The summed E-state index contributed by atoms with van der Waals surface area (Å²) >= 11 is 0. The maximum absolute atomic E-state index is 13.5. The predicted molar refractivity (Wildman–Crippen MR) is 105 cm³/mol. The Morgan fingerprint density at radius 1 is 1.19 bits per heavy atom. The summed E-state index contributed by atoms with van der Waals surface area (Å²) in [6.45, 7) is 7.22. The number of ether oxygens (including phenoxy) is 1. The van der Waals surface area contributed by atoms with Crippen LogP contribution in [-0.4, -0.2) is 67.0 Å². The molecular weight excluding hydrogens is 362 g/mol. The van der Waals surface area contributed by atoms with E-state index >= 15 is 0 Å². The van der Waals surface area contributed by atoms with Gasteiger partial charge in [0.15, 0.2) is 0 Å². The van der Waals surface area contributed by atoms with Crippen molar-refractivity contribution in [3.8, 4) is 0 Å². The van der Waals surface area contributed by atoms with E-state index in [-0.39, 0.29) is 18.2 Å². The van der Waals surface area contributed by atoms with E-state index in [0.717, 1.165) is 43.2 Å². The molecule has 0 aliphatic carbocycles. The number of hydrogen-bond acceptors (Lipinski definition) is 5. The van der Waals surface area contributed by atoms with Crippen LogP contribution in [0.5, 0.6) is 0 Å². The van der Waals surface area contributed by atoms with Gasteiger partial charge >= 0.3 is 0 Å². The van der Waals surface area contributed by atoms with Crippen molar-refractivity contribution in [2.24, 2.45) is 0 Å². The molecule has 3 heterocycles. The van der Waals surface area contributed by atoms with E-state index in [1.807, 2.05) is 6.07 Å². The highest BCUT2D eigenvalue weighted by molar-refractivity contribution is 7.89. The lowest BCUT2D eigenvalue weighted by molar-refractivity contribution is -0.0707. The Hall–Kier alpha value is -1.54. The average molecular weight is 390 g/mol. The normalized spacial score (nSPS) is 28.0. The van der Waals surface area contributed by atoms with Crippen molar-refractivity contribution in [1.29, 1.82) is 0 Å². The van der Waals surface area contributed by atoms with Crippen LogP contribution in [0.15, 0.2) is 41.6 Å².